The molecule has 12 nitrogen and oxygen atoms in total. The van der Waals surface area contributed by atoms with Gasteiger partial charge in [0.15, 0.2) is 0 Å². The standard InChI is InChI=1S/C36H44N6O6S/c1-36(2,3)26-18-25(23-49(45,46)39-21-33(43)37-4)34(47-5)32(19-26)41-35(44)40-31-13-12-28(29-8-6-7-9-30(29)31)24-10-11-27(38-20-24)22-42-14-16-48-17-15-42/h6-13,18-20,39H,14-17,21-23H2,1-5H3,(H,37,43)(H2,40,41,44). The predicted molar refractivity (Wildman–Crippen MR) is 192 cm³/mol. The van der Waals surface area contributed by atoms with Crippen molar-refractivity contribution in [2.45, 2.75) is 38.5 Å². The van der Waals surface area contributed by atoms with Gasteiger partial charge in [0.2, 0.25) is 15.9 Å². The fourth-order valence-electron chi connectivity index (χ4n) is 5.68. The van der Waals surface area contributed by atoms with Gasteiger partial charge in [0.05, 0.1) is 49.7 Å². The molecule has 0 spiro atoms. The lowest BCUT2D eigenvalue weighted by Crippen LogP contribution is -2.35. The number of morpholine rings is 1. The minimum absolute atomic E-state index is 0.207. The summed E-state index contributed by atoms with van der Waals surface area (Å²) in [4.78, 5) is 32.3. The van der Waals surface area contributed by atoms with E-state index < -0.39 is 34.3 Å². The first-order valence-electron chi connectivity index (χ1n) is 16.1. The van der Waals surface area contributed by atoms with E-state index in [1.165, 1.54) is 14.2 Å². The topological polar surface area (TPSA) is 151 Å². The molecule has 1 aromatic heterocycles. The molecule has 1 aliphatic rings. The molecule has 3 aromatic carbocycles. The van der Waals surface area contributed by atoms with Crippen LogP contribution < -0.4 is 25.4 Å². The Hall–Kier alpha value is -4.56. The van der Waals surface area contributed by atoms with Gasteiger partial charge in [-0.2, -0.15) is 0 Å². The minimum Gasteiger partial charge on any atom is -0.494 e. The van der Waals surface area contributed by atoms with E-state index in [1.807, 2.05) is 63.4 Å². The van der Waals surface area contributed by atoms with Crippen molar-refractivity contribution in [2.75, 3.05) is 57.6 Å². The van der Waals surface area contributed by atoms with Gasteiger partial charge in [-0.1, -0.05) is 63.2 Å². The SMILES string of the molecule is CNC(=O)CNS(=O)(=O)Cc1cc(C(C)(C)C)cc(NC(=O)Nc2ccc(-c3ccc(CN4CCOCC4)nc3)c3ccccc23)c1OC. The number of carbonyl (C=O) groups excluding carboxylic acids is 2. The quantitative estimate of drug-likeness (QED) is 0.175. The monoisotopic (exact) mass is 688 g/mol. The van der Waals surface area contributed by atoms with Gasteiger partial charge in [-0.05, 0) is 40.1 Å². The number of ether oxygens (including phenoxy) is 2. The number of benzene rings is 3. The van der Waals surface area contributed by atoms with Crippen molar-refractivity contribution in [3.63, 3.8) is 0 Å². The molecule has 0 aliphatic carbocycles. The third-order valence-corrected chi connectivity index (χ3v) is 9.63. The molecule has 1 saturated heterocycles. The summed E-state index contributed by atoms with van der Waals surface area (Å²) in [6.07, 6.45) is 1.89. The number of likely N-dealkylation sites (N-methyl/N-ethyl adjacent to an activating group) is 1. The Balaban J connectivity index is 1.39. The van der Waals surface area contributed by atoms with Gasteiger partial charge in [-0.15, -0.1) is 0 Å². The maximum Gasteiger partial charge on any atom is 0.323 e. The fourth-order valence-corrected chi connectivity index (χ4v) is 6.76. The summed E-state index contributed by atoms with van der Waals surface area (Å²) in [5.41, 5.74) is 4.62. The number of carbonyl (C=O) groups is 2. The van der Waals surface area contributed by atoms with E-state index in [9.17, 15) is 18.0 Å². The Morgan fingerprint density at radius 2 is 1.67 bits per heavy atom. The number of anilines is 2. The molecule has 0 radical (unpaired) electrons. The number of fused-ring (bicyclic) bond motifs is 1. The van der Waals surface area contributed by atoms with Crippen molar-refractivity contribution < 1.29 is 27.5 Å². The van der Waals surface area contributed by atoms with E-state index in [0.717, 1.165) is 66.0 Å². The van der Waals surface area contributed by atoms with Crippen LogP contribution >= 0.6 is 0 Å². The van der Waals surface area contributed by atoms with E-state index in [1.54, 1.807) is 12.1 Å². The number of hydrogen-bond donors (Lipinski definition) is 4. The van der Waals surface area contributed by atoms with Crippen LogP contribution in [0.15, 0.2) is 66.9 Å². The zero-order valence-electron chi connectivity index (χ0n) is 28.6. The number of sulfonamides is 1. The number of rotatable bonds is 11. The van der Waals surface area contributed by atoms with Gasteiger partial charge in [-0.3, -0.25) is 14.7 Å². The highest BCUT2D eigenvalue weighted by atomic mass is 32.2. The highest BCUT2D eigenvalue weighted by molar-refractivity contribution is 7.88. The van der Waals surface area contributed by atoms with Crippen LogP contribution in [0.3, 0.4) is 0 Å². The maximum absolute atomic E-state index is 13.5. The van der Waals surface area contributed by atoms with Crippen LogP contribution in [-0.2, 0) is 37.3 Å². The minimum atomic E-state index is -3.92. The van der Waals surface area contributed by atoms with Gasteiger partial charge >= 0.3 is 6.03 Å². The lowest BCUT2D eigenvalue weighted by molar-refractivity contribution is -0.119. The first-order valence-corrected chi connectivity index (χ1v) is 17.8. The number of methoxy groups -OCH3 is 1. The second kappa shape index (κ2) is 15.3. The first kappa shape index (κ1) is 35.7. The number of aromatic nitrogens is 1. The summed E-state index contributed by atoms with van der Waals surface area (Å²) in [5.74, 6) is -0.714. The molecule has 4 N–H and O–H groups in total. The van der Waals surface area contributed by atoms with Gasteiger partial charge < -0.3 is 25.4 Å². The Kier molecular flexibility index (Phi) is 11.2. The van der Waals surface area contributed by atoms with E-state index >= 15 is 0 Å². The summed E-state index contributed by atoms with van der Waals surface area (Å²) in [7, 11) is -1.08. The Labute approximate surface area is 287 Å². The zero-order chi connectivity index (χ0) is 35.2. The van der Waals surface area contributed by atoms with Gasteiger partial charge in [-0.25, -0.2) is 17.9 Å². The molecule has 0 bridgehead atoms. The normalized spacial score (nSPS) is 14.0. The Morgan fingerprint density at radius 3 is 2.33 bits per heavy atom. The van der Waals surface area contributed by atoms with E-state index in [0.29, 0.717) is 16.9 Å². The van der Waals surface area contributed by atoms with Gasteiger partial charge in [0.1, 0.15) is 5.75 Å². The molecular formula is C36H44N6O6S. The fraction of sp³-hybridized carbons (Fsp3) is 0.361. The van der Waals surface area contributed by atoms with Crippen LogP contribution in [0.4, 0.5) is 16.2 Å². The van der Waals surface area contributed by atoms with Crippen molar-refractivity contribution in [1.82, 2.24) is 19.9 Å². The average molecular weight is 689 g/mol. The summed E-state index contributed by atoms with van der Waals surface area (Å²) in [5, 5.41) is 10.0. The van der Waals surface area contributed by atoms with Crippen molar-refractivity contribution in [3.05, 3.63) is 83.7 Å². The number of pyridine rings is 1. The van der Waals surface area contributed by atoms with Crippen LogP contribution in [0.1, 0.15) is 37.6 Å². The molecule has 2 heterocycles. The molecule has 49 heavy (non-hydrogen) atoms. The summed E-state index contributed by atoms with van der Waals surface area (Å²) >= 11 is 0. The number of urea groups is 1. The third kappa shape index (κ3) is 9.12. The van der Waals surface area contributed by atoms with Crippen LogP contribution in [0, 0.1) is 0 Å². The maximum atomic E-state index is 13.5. The molecule has 260 valence electrons. The second-order valence-corrected chi connectivity index (χ2v) is 14.7. The van der Waals surface area contributed by atoms with Crippen LogP contribution in [-0.4, -0.2) is 77.2 Å². The molecule has 3 amide bonds. The molecule has 0 unspecified atom stereocenters. The Bertz CT molecular complexity index is 1920. The Morgan fingerprint density at radius 1 is 0.959 bits per heavy atom. The molecule has 4 aromatic rings. The average Bonchev–Trinajstić information content (AvgIpc) is 3.07. The molecule has 0 atom stereocenters. The molecule has 5 rings (SSSR count). The first-order chi connectivity index (χ1) is 23.4. The highest BCUT2D eigenvalue weighted by Crippen LogP contribution is 2.37. The van der Waals surface area contributed by atoms with Crippen LogP contribution in [0.25, 0.3) is 21.9 Å². The number of nitrogens with one attached hydrogen (secondary N) is 4. The lowest BCUT2D eigenvalue weighted by Gasteiger charge is -2.26. The molecule has 1 aliphatic heterocycles. The van der Waals surface area contributed by atoms with Gasteiger partial charge in [0.25, 0.3) is 0 Å². The summed E-state index contributed by atoms with van der Waals surface area (Å²) in [6, 6.07) is 18.8. The van der Waals surface area contributed by atoms with Crippen molar-refractivity contribution >= 4 is 44.1 Å². The van der Waals surface area contributed by atoms with E-state index in [4.69, 9.17) is 14.5 Å². The van der Waals surface area contributed by atoms with Crippen molar-refractivity contribution in [1.29, 1.82) is 0 Å². The molecule has 0 saturated carbocycles. The summed E-state index contributed by atoms with van der Waals surface area (Å²) in [6.45, 7) is 9.62. The van der Waals surface area contributed by atoms with Crippen molar-refractivity contribution in [3.8, 4) is 16.9 Å². The second-order valence-electron chi connectivity index (χ2n) is 12.9. The van der Waals surface area contributed by atoms with Gasteiger partial charge in [0, 0.05) is 49.4 Å². The predicted octanol–water partition coefficient (Wildman–Crippen LogP) is 4.85. The van der Waals surface area contributed by atoms with Crippen molar-refractivity contribution in [2.24, 2.45) is 0 Å². The molecular weight excluding hydrogens is 644 g/mol. The lowest BCUT2D eigenvalue weighted by atomic mass is 9.85. The number of amides is 3. The molecule has 1 fully saturated rings. The number of hydrogen-bond acceptors (Lipinski definition) is 8. The van der Waals surface area contributed by atoms with Crippen LogP contribution in [0.5, 0.6) is 5.75 Å². The summed E-state index contributed by atoms with van der Waals surface area (Å²) < 4.78 is 39.2. The number of nitrogens with zero attached hydrogens (tertiary/aromatic N) is 2. The molecule has 13 heteroatoms. The largest absolute Gasteiger partial charge is 0.494 e. The smallest absolute Gasteiger partial charge is 0.323 e. The van der Waals surface area contributed by atoms with Crippen LogP contribution in [0.2, 0.25) is 0 Å². The zero-order valence-corrected chi connectivity index (χ0v) is 29.4. The highest BCUT2D eigenvalue weighted by Gasteiger charge is 2.24. The van der Waals surface area contributed by atoms with E-state index in [-0.39, 0.29) is 11.2 Å². The van der Waals surface area contributed by atoms with E-state index in [2.05, 4.69) is 37.7 Å². The third-order valence-electron chi connectivity index (χ3n) is 8.36.